The molecule has 0 aliphatic heterocycles. The molecular formula is C19H28ClN3O. The highest BCUT2D eigenvalue weighted by Crippen LogP contribution is 2.19. The zero-order valence-electron chi connectivity index (χ0n) is 14.9. The minimum atomic E-state index is 0.0143. The average molecular weight is 350 g/mol. The molecule has 132 valence electrons. The summed E-state index contributed by atoms with van der Waals surface area (Å²) in [4.78, 5) is 17.5. The van der Waals surface area contributed by atoms with E-state index in [0.29, 0.717) is 22.5 Å². The lowest BCUT2D eigenvalue weighted by atomic mass is 10.1. The summed E-state index contributed by atoms with van der Waals surface area (Å²) in [6.07, 6.45) is 5.79. The van der Waals surface area contributed by atoms with Gasteiger partial charge < -0.3 is 5.32 Å². The summed E-state index contributed by atoms with van der Waals surface area (Å²) in [5, 5.41) is 4.80. The van der Waals surface area contributed by atoms with Gasteiger partial charge in [0.05, 0.1) is 16.9 Å². The van der Waals surface area contributed by atoms with Crippen LogP contribution in [-0.2, 0) is 6.54 Å². The molecule has 0 radical (unpaired) electrons. The Bertz CT molecular complexity index is 726. The van der Waals surface area contributed by atoms with Gasteiger partial charge >= 0.3 is 0 Å². The maximum absolute atomic E-state index is 12.8. The SMILES string of the molecule is CCCCCCN[C@@H](CC)c1nc2cc(Cl)ccc2c(=O)n1CC. The fourth-order valence-electron chi connectivity index (χ4n) is 3.03. The van der Waals surface area contributed by atoms with Crippen LogP contribution >= 0.6 is 11.6 Å². The molecule has 1 aromatic carbocycles. The van der Waals surface area contributed by atoms with E-state index < -0.39 is 0 Å². The molecule has 1 N–H and O–H groups in total. The summed E-state index contributed by atoms with van der Waals surface area (Å²) in [7, 11) is 0. The molecule has 4 nitrogen and oxygen atoms in total. The molecule has 0 bridgehead atoms. The topological polar surface area (TPSA) is 46.9 Å². The second-order valence-corrected chi connectivity index (χ2v) is 6.59. The molecule has 1 atom stereocenters. The fourth-order valence-corrected chi connectivity index (χ4v) is 3.20. The zero-order chi connectivity index (χ0) is 17.5. The van der Waals surface area contributed by atoms with E-state index in [1.54, 1.807) is 22.8 Å². The maximum Gasteiger partial charge on any atom is 0.261 e. The van der Waals surface area contributed by atoms with Crippen LogP contribution < -0.4 is 10.9 Å². The number of benzene rings is 1. The third-order valence-electron chi connectivity index (χ3n) is 4.40. The van der Waals surface area contributed by atoms with Crippen LogP contribution in [-0.4, -0.2) is 16.1 Å². The molecule has 0 saturated heterocycles. The Morgan fingerprint density at radius 3 is 2.67 bits per heavy atom. The van der Waals surface area contributed by atoms with Crippen LogP contribution in [0.4, 0.5) is 0 Å². The van der Waals surface area contributed by atoms with Crippen molar-refractivity contribution in [1.82, 2.24) is 14.9 Å². The van der Waals surface area contributed by atoms with Crippen molar-refractivity contribution in [2.75, 3.05) is 6.54 Å². The highest BCUT2D eigenvalue weighted by Gasteiger charge is 2.17. The Kier molecular flexibility index (Phi) is 7.25. The van der Waals surface area contributed by atoms with E-state index in [1.807, 2.05) is 6.92 Å². The van der Waals surface area contributed by atoms with Gasteiger partial charge in [0.25, 0.3) is 5.56 Å². The van der Waals surface area contributed by atoms with E-state index in [9.17, 15) is 4.79 Å². The quantitative estimate of drug-likeness (QED) is 0.668. The molecule has 0 unspecified atom stereocenters. The lowest BCUT2D eigenvalue weighted by molar-refractivity contribution is 0.453. The summed E-state index contributed by atoms with van der Waals surface area (Å²) < 4.78 is 1.78. The number of halogens is 1. The molecule has 5 heteroatoms. The first kappa shape index (κ1) is 18.9. The number of hydrogen-bond acceptors (Lipinski definition) is 3. The van der Waals surface area contributed by atoms with Crippen molar-refractivity contribution in [1.29, 1.82) is 0 Å². The number of nitrogens with zero attached hydrogens (tertiary/aromatic N) is 2. The van der Waals surface area contributed by atoms with Crippen molar-refractivity contribution in [3.05, 3.63) is 39.4 Å². The van der Waals surface area contributed by atoms with E-state index in [0.717, 1.165) is 25.2 Å². The van der Waals surface area contributed by atoms with Crippen LogP contribution in [0.3, 0.4) is 0 Å². The van der Waals surface area contributed by atoms with E-state index in [1.165, 1.54) is 19.3 Å². The monoisotopic (exact) mass is 349 g/mol. The smallest absolute Gasteiger partial charge is 0.261 e. The minimum Gasteiger partial charge on any atom is -0.307 e. The number of fused-ring (bicyclic) bond motifs is 1. The Balaban J connectivity index is 2.32. The summed E-state index contributed by atoms with van der Waals surface area (Å²) in [5.74, 6) is 0.815. The molecule has 24 heavy (non-hydrogen) atoms. The molecule has 1 heterocycles. The van der Waals surface area contributed by atoms with Gasteiger partial charge in [-0.05, 0) is 44.5 Å². The van der Waals surface area contributed by atoms with Gasteiger partial charge in [0.1, 0.15) is 5.82 Å². The van der Waals surface area contributed by atoms with E-state index in [-0.39, 0.29) is 11.6 Å². The van der Waals surface area contributed by atoms with Crippen LogP contribution in [0, 0.1) is 0 Å². The summed E-state index contributed by atoms with van der Waals surface area (Å²) in [5.41, 5.74) is 0.693. The number of rotatable bonds is 9. The van der Waals surface area contributed by atoms with Gasteiger partial charge in [0.15, 0.2) is 0 Å². The second-order valence-electron chi connectivity index (χ2n) is 6.16. The van der Waals surface area contributed by atoms with Crippen LogP contribution in [0.5, 0.6) is 0 Å². The Morgan fingerprint density at radius 1 is 1.21 bits per heavy atom. The molecule has 0 spiro atoms. The predicted molar refractivity (Wildman–Crippen MR) is 102 cm³/mol. The summed E-state index contributed by atoms with van der Waals surface area (Å²) in [6, 6.07) is 5.37. The number of unbranched alkanes of at least 4 members (excludes halogenated alkanes) is 3. The van der Waals surface area contributed by atoms with Crippen molar-refractivity contribution in [3.8, 4) is 0 Å². The molecule has 0 saturated carbocycles. The largest absolute Gasteiger partial charge is 0.307 e. The third-order valence-corrected chi connectivity index (χ3v) is 4.64. The molecule has 1 aromatic heterocycles. The number of aromatic nitrogens is 2. The van der Waals surface area contributed by atoms with Gasteiger partial charge in [-0.15, -0.1) is 0 Å². The van der Waals surface area contributed by atoms with E-state index in [2.05, 4.69) is 19.2 Å². The van der Waals surface area contributed by atoms with Gasteiger partial charge in [-0.1, -0.05) is 44.7 Å². The molecule has 0 fully saturated rings. The molecular weight excluding hydrogens is 322 g/mol. The first-order chi connectivity index (χ1) is 11.6. The predicted octanol–water partition coefficient (Wildman–Crippen LogP) is 4.69. The highest BCUT2D eigenvalue weighted by atomic mass is 35.5. The van der Waals surface area contributed by atoms with Crippen LogP contribution in [0.25, 0.3) is 10.9 Å². The van der Waals surface area contributed by atoms with Crippen LogP contribution in [0.15, 0.2) is 23.0 Å². The van der Waals surface area contributed by atoms with Gasteiger partial charge in [0, 0.05) is 11.6 Å². The molecule has 2 rings (SSSR count). The van der Waals surface area contributed by atoms with Gasteiger partial charge in [-0.2, -0.15) is 0 Å². The van der Waals surface area contributed by atoms with Crippen LogP contribution in [0.2, 0.25) is 5.02 Å². The lowest BCUT2D eigenvalue weighted by Crippen LogP contribution is -2.32. The Labute approximate surface area is 149 Å². The molecule has 0 aliphatic rings. The summed E-state index contributed by atoms with van der Waals surface area (Å²) >= 11 is 6.08. The number of nitrogens with one attached hydrogen (secondary N) is 1. The summed E-state index contributed by atoms with van der Waals surface area (Å²) in [6.45, 7) is 7.89. The lowest BCUT2D eigenvalue weighted by Gasteiger charge is -2.21. The van der Waals surface area contributed by atoms with Crippen molar-refractivity contribution < 1.29 is 0 Å². The van der Waals surface area contributed by atoms with Crippen molar-refractivity contribution in [3.63, 3.8) is 0 Å². The third kappa shape index (κ3) is 4.37. The minimum absolute atomic E-state index is 0.0143. The van der Waals surface area contributed by atoms with Crippen molar-refractivity contribution in [2.24, 2.45) is 0 Å². The molecule has 2 aromatic rings. The van der Waals surface area contributed by atoms with Gasteiger partial charge in [-0.25, -0.2) is 4.98 Å². The van der Waals surface area contributed by atoms with E-state index in [4.69, 9.17) is 16.6 Å². The highest BCUT2D eigenvalue weighted by molar-refractivity contribution is 6.31. The average Bonchev–Trinajstić information content (AvgIpc) is 2.58. The first-order valence-electron chi connectivity index (χ1n) is 9.05. The van der Waals surface area contributed by atoms with Gasteiger partial charge in [-0.3, -0.25) is 9.36 Å². The Morgan fingerprint density at radius 2 is 2.00 bits per heavy atom. The first-order valence-corrected chi connectivity index (χ1v) is 9.43. The maximum atomic E-state index is 12.8. The standard InChI is InChI=1S/C19H28ClN3O/c1-4-7-8-9-12-21-16(5-2)18-22-17-13-14(20)10-11-15(17)19(24)23(18)6-3/h10-11,13,16,21H,4-9,12H2,1-3H3/t16-/m0/s1. The van der Waals surface area contributed by atoms with Crippen molar-refractivity contribution >= 4 is 22.5 Å². The Hall–Kier alpha value is -1.39. The van der Waals surface area contributed by atoms with Crippen molar-refractivity contribution in [2.45, 2.75) is 65.5 Å². The van der Waals surface area contributed by atoms with Crippen LogP contribution in [0.1, 0.15) is 64.7 Å². The van der Waals surface area contributed by atoms with Gasteiger partial charge in [0.2, 0.25) is 0 Å². The number of hydrogen-bond donors (Lipinski definition) is 1. The zero-order valence-corrected chi connectivity index (χ0v) is 15.7. The molecule has 0 aliphatic carbocycles. The molecule has 0 amide bonds. The fraction of sp³-hybridized carbons (Fsp3) is 0.579. The van der Waals surface area contributed by atoms with E-state index >= 15 is 0 Å². The second kappa shape index (κ2) is 9.19. The normalized spacial score (nSPS) is 12.7.